The summed E-state index contributed by atoms with van der Waals surface area (Å²) >= 11 is 0. The van der Waals surface area contributed by atoms with Crippen LogP contribution in [0.2, 0.25) is 0 Å². The van der Waals surface area contributed by atoms with E-state index in [1.54, 1.807) is 0 Å². The second kappa shape index (κ2) is 6.30. The number of hydrogen-bond acceptors (Lipinski definition) is 4. The third-order valence-corrected chi connectivity index (χ3v) is 2.82. The maximum absolute atomic E-state index is 4.36. The Kier molecular flexibility index (Phi) is 5.02. The zero-order valence-electron chi connectivity index (χ0n) is 10.7. The summed E-state index contributed by atoms with van der Waals surface area (Å²) in [5.41, 5.74) is 0. The SMILES string of the molecule is CCC(CC)CNc1cc(NC)nc(C)n1. The highest BCUT2D eigenvalue weighted by atomic mass is 15.1. The summed E-state index contributed by atoms with van der Waals surface area (Å²) in [6.45, 7) is 7.33. The lowest BCUT2D eigenvalue weighted by atomic mass is 10.0. The largest absolute Gasteiger partial charge is 0.373 e. The Bertz CT molecular complexity index is 321. The van der Waals surface area contributed by atoms with E-state index in [0.29, 0.717) is 5.92 Å². The molecule has 0 spiro atoms. The first kappa shape index (κ1) is 12.7. The van der Waals surface area contributed by atoms with Crippen molar-refractivity contribution in [1.82, 2.24) is 9.97 Å². The Morgan fingerprint density at radius 3 is 2.38 bits per heavy atom. The van der Waals surface area contributed by atoms with Crippen LogP contribution in [0.4, 0.5) is 11.6 Å². The minimum atomic E-state index is 0.716. The van der Waals surface area contributed by atoms with Gasteiger partial charge in [0.2, 0.25) is 0 Å². The van der Waals surface area contributed by atoms with E-state index in [9.17, 15) is 0 Å². The Labute approximate surface area is 97.9 Å². The van der Waals surface area contributed by atoms with Crippen molar-refractivity contribution in [3.63, 3.8) is 0 Å². The lowest BCUT2D eigenvalue weighted by molar-refractivity contribution is 0.518. The van der Waals surface area contributed by atoms with Gasteiger partial charge in [0.1, 0.15) is 17.5 Å². The van der Waals surface area contributed by atoms with E-state index in [0.717, 1.165) is 24.0 Å². The molecule has 0 fully saturated rings. The van der Waals surface area contributed by atoms with Gasteiger partial charge in [0.05, 0.1) is 0 Å². The highest BCUT2D eigenvalue weighted by Gasteiger charge is 2.05. The Morgan fingerprint density at radius 2 is 1.81 bits per heavy atom. The van der Waals surface area contributed by atoms with Crippen molar-refractivity contribution in [2.75, 3.05) is 24.2 Å². The van der Waals surface area contributed by atoms with Crippen LogP contribution in [-0.2, 0) is 0 Å². The third-order valence-electron chi connectivity index (χ3n) is 2.82. The monoisotopic (exact) mass is 222 g/mol. The number of aryl methyl sites for hydroxylation is 1. The molecule has 0 amide bonds. The summed E-state index contributed by atoms with van der Waals surface area (Å²) in [5, 5.41) is 6.40. The predicted octanol–water partition coefficient (Wildman–Crippen LogP) is 2.67. The van der Waals surface area contributed by atoms with Crippen LogP contribution in [0, 0.1) is 12.8 Å². The van der Waals surface area contributed by atoms with E-state index >= 15 is 0 Å². The molecule has 0 bridgehead atoms. The minimum Gasteiger partial charge on any atom is -0.373 e. The molecule has 2 N–H and O–H groups in total. The van der Waals surface area contributed by atoms with Gasteiger partial charge < -0.3 is 10.6 Å². The van der Waals surface area contributed by atoms with Crippen LogP contribution in [-0.4, -0.2) is 23.6 Å². The van der Waals surface area contributed by atoms with Gasteiger partial charge in [0.25, 0.3) is 0 Å². The number of aromatic nitrogens is 2. The topological polar surface area (TPSA) is 49.8 Å². The van der Waals surface area contributed by atoms with Crippen molar-refractivity contribution in [3.05, 3.63) is 11.9 Å². The molecule has 0 radical (unpaired) electrons. The molecule has 0 saturated carbocycles. The molecule has 1 heterocycles. The lowest BCUT2D eigenvalue weighted by Gasteiger charge is -2.14. The van der Waals surface area contributed by atoms with Gasteiger partial charge in [-0.05, 0) is 12.8 Å². The van der Waals surface area contributed by atoms with Crippen molar-refractivity contribution < 1.29 is 0 Å². The molecular formula is C12H22N4. The summed E-state index contributed by atoms with van der Waals surface area (Å²) in [4.78, 5) is 8.62. The van der Waals surface area contributed by atoms with Crippen LogP contribution >= 0.6 is 0 Å². The van der Waals surface area contributed by atoms with E-state index in [2.05, 4.69) is 34.4 Å². The zero-order chi connectivity index (χ0) is 12.0. The molecule has 0 aromatic carbocycles. The van der Waals surface area contributed by atoms with Crippen LogP contribution in [0.5, 0.6) is 0 Å². The van der Waals surface area contributed by atoms with E-state index in [-0.39, 0.29) is 0 Å². The first-order chi connectivity index (χ1) is 7.69. The highest BCUT2D eigenvalue weighted by Crippen LogP contribution is 2.13. The van der Waals surface area contributed by atoms with Crippen LogP contribution in [0.1, 0.15) is 32.5 Å². The molecule has 16 heavy (non-hydrogen) atoms. The summed E-state index contributed by atoms with van der Waals surface area (Å²) in [6.07, 6.45) is 2.40. The van der Waals surface area contributed by atoms with Gasteiger partial charge in [-0.3, -0.25) is 0 Å². The third kappa shape index (κ3) is 3.68. The molecule has 4 heteroatoms. The van der Waals surface area contributed by atoms with Crippen LogP contribution < -0.4 is 10.6 Å². The van der Waals surface area contributed by atoms with Gasteiger partial charge in [-0.15, -0.1) is 0 Å². The first-order valence-corrected chi connectivity index (χ1v) is 5.96. The van der Waals surface area contributed by atoms with Gasteiger partial charge in [0, 0.05) is 19.7 Å². The highest BCUT2D eigenvalue weighted by molar-refractivity contribution is 5.47. The molecular weight excluding hydrogens is 200 g/mol. The maximum atomic E-state index is 4.36. The van der Waals surface area contributed by atoms with E-state index in [1.807, 2.05) is 20.0 Å². The fourth-order valence-corrected chi connectivity index (χ4v) is 1.61. The van der Waals surface area contributed by atoms with Crippen LogP contribution in [0.3, 0.4) is 0 Å². The fraction of sp³-hybridized carbons (Fsp3) is 0.667. The van der Waals surface area contributed by atoms with Gasteiger partial charge in [-0.25, -0.2) is 9.97 Å². The second-order valence-corrected chi connectivity index (χ2v) is 4.00. The average Bonchev–Trinajstić information content (AvgIpc) is 2.29. The molecule has 1 aromatic rings. The molecule has 0 saturated heterocycles. The average molecular weight is 222 g/mol. The quantitative estimate of drug-likeness (QED) is 0.777. The number of rotatable bonds is 6. The van der Waals surface area contributed by atoms with Gasteiger partial charge in [-0.1, -0.05) is 26.7 Å². The Morgan fingerprint density at radius 1 is 1.19 bits per heavy atom. The molecule has 0 aliphatic heterocycles. The number of nitrogens with one attached hydrogen (secondary N) is 2. The van der Waals surface area contributed by atoms with Crippen molar-refractivity contribution >= 4 is 11.6 Å². The van der Waals surface area contributed by atoms with Crippen molar-refractivity contribution in [2.24, 2.45) is 5.92 Å². The van der Waals surface area contributed by atoms with Gasteiger partial charge >= 0.3 is 0 Å². The van der Waals surface area contributed by atoms with E-state index < -0.39 is 0 Å². The van der Waals surface area contributed by atoms with Gasteiger partial charge in [0.15, 0.2) is 0 Å². The van der Waals surface area contributed by atoms with Crippen molar-refractivity contribution in [1.29, 1.82) is 0 Å². The fourth-order valence-electron chi connectivity index (χ4n) is 1.61. The molecule has 1 aromatic heterocycles. The molecule has 0 aliphatic rings. The Balaban J connectivity index is 2.62. The molecule has 0 unspecified atom stereocenters. The summed E-state index contributed by atoms with van der Waals surface area (Å²) in [5.74, 6) is 3.27. The molecule has 1 rings (SSSR count). The molecule has 4 nitrogen and oxygen atoms in total. The van der Waals surface area contributed by atoms with Crippen molar-refractivity contribution in [3.8, 4) is 0 Å². The second-order valence-electron chi connectivity index (χ2n) is 4.00. The Hall–Kier alpha value is -1.32. The predicted molar refractivity (Wildman–Crippen MR) is 68.9 cm³/mol. The zero-order valence-corrected chi connectivity index (χ0v) is 10.7. The number of anilines is 2. The lowest BCUT2D eigenvalue weighted by Crippen LogP contribution is -2.14. The summed E-state index contributed by atoms with van der Waals surface area (Å²) in [7, 11) is 1.87. The minimum absolute atomic E-state index is 0.716. The molecule has 90 valence electrons. The standard InChI is InChI=1S/C12H22N4/c1-5-10(6-2)8-14-12-7-11(13-4)15-9(3)16-12/h7,10H,5-6,8H2,1-4H3,(H2,13,14,15,16). The molecule has 0 atom stereocenters. The number of hydrogen-bond donors (Lipinski definition) is 2. The summed E-state index contributed by atoms with van der Waals surface area (Å²) < 4.78 is 0. The molecule has 0 aliphatic carbocycles. The van der Waals surface area contributed by atoms with Crippen molar-refractivity contribution in [2.45, 2.75) is 33.6 Å². The van der Waals surface area contributed by atoms with Gasteiger partial charge in [-0.2, -0.15) is 0 Å². The smallest absolute Gasteiger partial charge is 0.131 e. The normalized spacial score (nSPS) is 10.6. The van der Waals surface area contributed by atoms with Crippen LogP contribution in [0.25, 0.3) is 0 Å². The first-order valence-electron chi connectivity index (χ1n) is 5.96. The number of nitrogens with zero attached hydrogens (tertiary/aromatic N) is 2. The summed E-state index contributed by atoms with van der Waals surface area (Å²) in [6, 6.07) is 1.94. The maximum Gasteiger partial charge on any atom is 0.131 e. The van der Waals surface area contributed by atoms with Crippen LogP contribution in [0.15, 0.2) is 6.07 Å². The van der Waals surface area contributed by atoms with E-state index in [4.69, 9.17) is 0 Å². The van der Waals surface area contributed by atoms with E-state index in [1.165, 1.54) is 12.8 Å².